The van der Waals surface area contributed by atoms with Crippen molar-refractivity contribution in [3.63, 3.8) is 0 Å². The fraction of sp³-hybridized carbons (Fsp3) is 0.0476. The normalized spacial score (nSPS) is 10.4. The molecule has 0 fully saturated rings. The Hall–Kier alpha value is -3.24. The van der Waals surface area contributed by atoms with Crippen LogP contribution < -0.4 is 10.9 Å². The Balaban J connectivity index is 0.000000176. The first-order valence-corrected chi connectivity index (χ1v) is 10.0. The summed E-state index contributed by atoms with van der Waals surface area (Å²) in [7, 11) is 1.22. The number of carboxylic acid groups (broad SMARTS) is 1. The van der Waals surface area contributed by atoms with Crippen molar-refractivity contribution in [1.82, 2.24) is 0 Å². The summed E-state index contributed by atoms with van der Waals surface area (Å²) in [5, 5.41) is 9.32. The van der Waals surface area contributed by atoms with Crippen LogP contribution >= 0.6 is 31.9 Å². The van der Waals surface area contributed by atoms with Crippen LogP contribution in [0.15, 0.2) is 76.3 Å². The third-order valence-corrected chi connectivity index (χ3v) is 5.09. The summed E-state index contributed by atoms with van der Waals surface area (Å²) in [5.41, 5.74) is -0.595. The number of carbonyl (C=O) groups excluding carboxylic acids is 1. The molecule has 10 heteroatoms. The zero-order valence-corrected chi connectivity index (χ0v) is 18.9. The maximum absolute atomic E-state index is 11.9. The van der Waals surface area contributed by atoms with Gasteiger partial charge in [0.05, 0.1) is 17.9 Å². The van der Waals surface area contributed by atoms with Crippen molar-refractivity contribution in [2.75, 3.05) is 7.11 Å². The molecule has 2 heterocycles. The van der Waals surface area contributed by atoms with Gasteiger partial charge in [0, 0.05) is 8.95 Å². The maximum atomic E-state index is 11.9. The Labute approximate surface area is 190 Å². The third kappa shape index (κ3) is 4.75. The summed E-state index contributed by atoms with van der Waals surface area (Å²) in [4.78, 5) is 45.5. The zero-order valence-electron chi connectivity index (χ0n) is 15.7. The summed E-state index contributed by atoms with van der Waals surface area (Å²) in [5.74, 6) is -1.98. The molecule has 0 amide bonds. The van der Waals surface area contributed by atoms with Gasteiger partial charge >= 0.3 is 11.9 Å². The van der Waals surface area contributed by atoms with Gasteiger partial charge in [-0.25, -0.2) is 9.59 Å². The quantitative estimate of drug-likeness (QED) is 0.358. The lowest BCUT2D eigenvalue weighted by atomic mass is 10.2. The number of aromatic carboxylic acids is 1. The highest BCUT2D eigenvalue weighted by molar-refractivity contribution is 9.10. The molecule has 2 aromatic carbocycles. The van der Waals surface area contributed by atoms with Crippen molar-refractivity contribution in [3.8, 4) is 0 Å². The highest BCUT2D eigenvalue weighted by atomic mass is 79.9. The Morgan fingerprint density at radius 1 is 0.839 bits per heavy atom. The monoisotopic (exact) mass is 550 g/mol. The second kappa shape index (κ2) is 9.27. The Bertz CT molecular complexity index is 1440. The third-order valence-electron chi connectivity index (χ3n) is 4.10. The van der Waals surface area contributed by atoms with Crippen LogP contribution in [0, 0.1) is 0 Å². The van der Waals surface area contributed by atoms with E-state index in [1.54, 1.807) is 30.3 Å². The van der Waals surface area contributed by atoms with Crippen molar-refractivity contribution in [2.24, 2.45) is 0 Å². The van der Waals surface area contributed by atoms with Crippen LogP contribution in [0.5, 0.6) is 0 Å². The minimum atomic E-state index is -1.29. The molecule has 0 saturated carbocycles. The number of carbonyl (C=O) groups is 2. The molecule has 0 saturated heterocycles. The summed E-state index contributed by atoms with van der Waals surface area (Å²) >= 11 is 6.45. The zero-order chi connectivity index (χ0) is 22.7. The molecule has 31 heavy (non-hydrogen) atoms. The molecule has 2 aromatic heterocycles. The number of halogens is 2. The van der Waals surface area contributed by atoms with E-state index in [4.69, 9.17) is 13.9 Å². The molecule has 0 atom stereocenters. The molecule has 0 aliphatic rings. The van der Waals surface area contributed by atoms with Crippen LogP contribution in [-0.4, -0.2) is 24.2 Å². The van der Waals surface area contributed by atoms with Crippen molar-refractivity contribution in [3.05, 3.63) is 89.4 Å². The standard InChI is InChI=1S/C11H7BrO4.C10H5BrO4/c1-15-11(14)8-5-16-9-3-2-6(12)4-7(9)10(8)13;11-5-1-2-8-6(3-5)9(12)7(4-15-8)10(13)14/h2-5H,1H3;1-4H,(H,13,14). The van der Waals surface area contributed by atoms with Crippen LogP contribution in [0.25, 0.3) is 21.9 Å². The minimum Gasteiger partial charge on any atom is -0.477 e. The van der Waals surface area contributed by atoms with Crippen LogP contribution in [0.3, 0.4) is 0 Å². The van der Waals surface area contributed by atoms with Gasteiger partial charge in [-0.05, 0) is 36.4 Å². The first kappa shape index (κ1) is 22.4. The topological polar surface area (TPSA) is 124 Å². The molecule has 0 spiro atoms. The van der Waals surface area contributed by atoms with Gasteiger partial charge in [-0.15, -0.1) is 0 Å². The number of esters is 1. The highest BCUT2D eigenvalue weighted by Gasteiger charge is 2.15. The molecule has 0 radical (unpaired) electrons. The number of rotatable bonds is 2. The van der Waals surface area contributed by atoms with Crippen molar-refractivity contribution >= 4 is 65.7 Å². The van der Waals surface area contributed by atoms with Crippen LogP contribution in [-0.2, 0) is 4.74 Å². The summed E-state index contributed by atoms with van der Waals surface area (Å²) in [6.07, 6.45) is 2.07. The summed E-state index contributed by atoms with van der Waals surface area (Å²) in [6, 6.07) is 9.87. The van der Waals surface area contributed by atoms with E-state index >= 15 is 0 Å². The SMILES string of the molecule is COC(=O)c1coc2ccc(Br)cc2c1=O.O=C(O)c1coc2ccc(Br)cc2c1=O. The molecule has 0 aliphatic heterocycles. The molecule has 0 unspecified atom stereocenters. The Morgan fingerprint density at radius 2 is 1.29 bits per heavy atom. The first-order valence-electron chi connectivity index (χ1n) is 8.46. The number of benzene rings is 2. The maximum Gasteiger partial charge on any atom is 0.345 e. The fourth-order valence-electron chi connectivity index (χ4n) is 2.61. The lowest BCUT2D eigenvalue weighted by Crippen LogP contribution is -2.15. The predicted octanol–water partition coefficient (Wildman–Crippen LogP) is 4.60. The van der Waals surface area contributed by atoms with Gasteiger partial charge in [-0.3, -0.25) is 9.59 Å². The van der Waals surface area contributed by atoms with Gasteiger partial charge < -0.3 is 18.7 Å². The lowest BCUT2D eigenvalue weighted by molar-refractivity contribution is 0.0596. The molecule has 1 N–H and O–H groups in total. The van der Waals surface area contributed by atoms with Crippen LogP contribution in [0.1, 0.15) is 20.7 Å². The van der Waals surface area contributed by atoms with E-state index in [1.165, 1.54) is 13.2 Å². The average molecular weight is 552 g/mol. The second-order valence-electron chi connectivity index (χ2n) is 6.03. The van der Waals surface area contributed by atoms with Crippen molar-refractivity contribution in [2.45, 2.75) is 0 Å². The van der Waals surface area contributed by atoms with E-state index < -0.39 is 22.8 Å². The molecular formula is C21H12Br2O8. The second-order valence-corrected chi connectivity index (χ2v) is 7.87. The average Bonchev–Trinajstić information content (AvgIpc) is 2.75. The molecule has 158 valence electrons. The van der Waals surface area contributed by atoms with E-state index in [9.17, 15) is 19.2 Å². The van der Waals surface area contributed by atoms with E-state index in [0.717, 1.165) is 17.0 Å². The molecule has 0 aliphatic carbocycles. The van der Waals surface area contributed by atoms with E-state index in [-0.39, 0.29) is 16.5 Å². The van der Waals surface area contributed by atoms with E-state index in [0.29, 0.717) is 21.0 Å². The Kier molecular flexibility index (Phi) is 6.71. The van der Waals surface area contributed by atoms with Crippen LogP contribution in [0.2, 0.25) is 0 Å². The van der Waals surface area contributed by atoms with Crippen LogP contribution in [0.4, 0.5) is 0 Å². The molecular weight excluding hydrogens is 540 g/mol. The van der Waals surface area contributed by atoms with E-state index in [1.807, 2.05) is 0 Å². The number of hydrogen-bond acceptors (Lipinski definition) is 7. The Morgan fingerprint density at radius 3 is 1.74 bits per heavy atom. The fourth-order valence-corrected chi connectivity index (χ4v) is 3.33. The van der Waals surface area contributed by atoms with Crippen molar-refractivity contribution < 1.29 is 28.3 Å². The largest absolute Gasteiger partial charge is 0.477 e. The van der Waals surface area contributed by atoms with Gasteiger partial charge in [0.15, 0.2) is 0 Å². The summed E-state index contributed by atoms with van der Waals surface area (Å²) < 4.78 is 16.1. The number of hydrogen-bond donors (Lipinski definition) is 1. The number of ether oxygens (including phenoxy) is 1. The lowest BCUT2D eigenvalue weighted by Gasteiger charge is -2.00. The van der Waals surface area contributed by atoms with Gasteiger partial charge in [0.1, 0.15) is 34.8 Å². The van der Waals surface area contributed by atoms with Gasteiger partial charge in [-0.1, -0.05) is 31.9 Å². The number of fused-ring (bicyclic) bond motifs is 2. The highest BCUT2D eigenvalue weighted by Crippen LogP contribution is 2.18. The van der Waals surface area contributed by atoms with Gasteiger partial charge in [0.25, 0.3) is 0 Å². The minimum absolute atomic E-state index is 0.104. The van der Waals surface area contributed by atoms with E-state index in [2.05, 4.69) is 36.6 Å². The number of methoxy groups -OCH3 is 1. The molecule has 8 nitrogen and oxygen atoms in total. The van der Waals surface area contributed by atoms with Gasteiger partial charge in [0.2, 0.25) is 10.9 Å². The molecule has 4 aromatic rings. The van der Waals surface area contributed by atoms with Gasteiger partial charge in [-0.2, -0.15) is 0 Å². The smallest absolute Gasteiger partial charge is 0.345 e. The first-order chi connectivity index (χ1) is 14.7. The van der Waals surface area contributed by atoms with Crippen molar-refractivity contribution in [1.29, 1.82) is 0 Å². The molecule has 4 rings (SSSR count). The number of carboxylic acids is 1. The summed E-state index contributed by atoms with van der Waals surface area (Å²) in [6.45, 7) is 0. The molecule has 0 bridgehead atoms. The predicted molar refractivity (Wildman–Crippen MR) is 119 cm³/mol.